The van der Waals surface area contributed by atoms with Crippen molar-refractivity contribution in [1.29, 1.82) is 0 Å². The number of likely N-dealkylation sites (tertiary alicyclic amines) is 2. The first-order valence-electron chi connectivity index (χ1n) is 8.26. The van der Waals surface area contributed by atoms with Crippen molar-refractivity contribution in [2.45, 2.75) is 25.4 Å². The van der Waals surface area contributed by atoms with E-state index in [2.05, 4.69) is 29.2 Å². The maximum atomic E-state index is 12.6. The van der Waals surface area contributed by atoms with Gasteiger partial charge in [0.25, 0.3) is 0 Å². The van der Waals surface area contributed by atoms with E-state index in [9.17, 15) is 4.79 Å². The van der Waals surface area contributed by atoms with Crippen LogP contribution in [0.3, 0.4) is 0 Å². The highest BCUT2D eigenvalue weighted by molar-refractivity contribution is 5.90. The van der Waals surface area contributed by atoms with E-state index in [4.69, 9.17) is 4.42 Å². The SMILES string of the molecule is CN1C(=O)C2(CCN(Cc3ccoc3)CC2)C1c1ccccc1. The van der Waals surface area contributed by atoms with Crippen molar-refractivity contribution in [2.24, 2.45) is 5.41 Å². The van der Waals surface area contributed by atoms with Crippen LogP contribution in [0.4, 0.5) is 0 Å². The van der Waals surface area contributed by atoms with Crippen molar-refractivity contribution in [3.05, 3.63) is 60.1 Å². The van der Waals surface area contributed by atoms with E-state index in [1.807, 2.05) is 24.1 Å². The maximum Gasteiger partial charge on any atom is 0.231 e. The standard InChI is InChI=1S/C19H22N2O2/c1-20-17(16-5-3-2-4-6-16)19(18(20)22)8-10-21(11-9-19)13-15-7-12-23-14-15/h2-7,12,14,17H,8-11,13H2,1H3. The molecule has 120 valence electrons. The Balaban J connectivity index is 1.49. The molecule has 4 heteroatoms. The molecule has 1 amide bonds. The molecule has 4 rings (SSSR count). The molecule has 3 heterocycles. The highest BCUT2D eigenvalue weighted by atomic mass is 16.3. The number of benzene rings is 1. The minimum absolute atomic E-state index is 0.191. The van der Waals surface area contributed by atoms with Crippen LogP contribution in [0.5, 0.6) is 0 Å². The second-order valence-electron chi connectivity index (χ2n) is 6.79. The van der Waals surface area contributed by atoms with Gasteiger partial charge in [0.15, 0.2) is 0 Å². The minimum Gasteiger partial charge on any atom is -0.472 e. The van der Waals surface area contributed by atoms with E-state index in [-0.39, 0.29) is 11.5 Å². The molecule has 0 radical (unpaired) electrons. The molecule has 2 fully saturated rings. The van der Waals surface area contributed by atoms with Gasteiger partial charge < -0.3 is 9.32 Å². The van der Waals surface area contributed by atoms with E-state index in [1.54, 1.807) is 12.5 Å². The number of carbonyl (C=O) groups is 1. The van der Waals surface area contributed by atoms with E-state index < -0.39 is 0 Å². The Kier molecular flexibility index (Phi) is 3.49. The van der Waals surface area contributed by atoms with Crippen LogP contribution in [0.25, 0.3) is 0 Å². The molecule has 0 aliphatic carbocycles. The van der Waals surface area contributed by atoms with Gasteiger partial charge in [0.2, 0.25) is 5.91 Å². The van der Waals surface area contributed by atoms with E-state index in [0.717, 1.165) is 32.5 Å². The Morgan fingerprint density at radius 3 is 2.57 bits per heavy atom. The van der Waals surface area contributed by atoms with E-state index in [0.29, 0.717) is 5.91 Å². The number of hydrogen-bond acceptors (Lipinski definition) is 3. The molecule has 1 atom stereocenters. The second kappa shape index (κ2) is 5.53. The van der Waals surface area contributed by atoms with Crippen molar-refractivity contribution in [3.63, 3.8) is 0 Å². The first kappa shape index (κ1) is 14.5. The van der Waals surface area contributed by atoms with Crippen LogP contribution in [0.15, 0.2) is 53.3 Å². The molecule has 0 bridgehead atoms. The Bertz CT molecular complexity index is 673. The highest BCUT2D eigenvalue weighted by Crippen LogP contribution is 2.55. The normalized spacial score (nSPS) is 24.0. The van der Waals surface area contributed by atoms with Crippen LogP contribution in [-0.2, 0) is 11.3 Å². The van der Waals surface area contributed by atoms with Gasteiger partial charge in [-0.1, -0.05) is 30.3 Å². The topological polar surface area (TPSA) is 36.7 Å². The van der Waals surface area contributed by atoms with Crippen molar-refractivity contribution in [2.75, 3.05) is 20.1 Å². The van der Waals surface area contributed by atoms with Crippen molar-refractivity contribution in [1.82, 2.24) is 9.80 Å². The quantitative estimate of drug-likeness (QED) is 0.818. The summed E-state index contributed by atoms with van der Waals surface area (Å²) >= 11 is 0. The lowest BCUT2D eigenvalue weighted by Crippen LogP contribution is -2.64. The third-order valence-electron chi connectivity index (χ3n) is 5.51. The first-order chi connectivity index (χ1) is 11.2. The van der Waals surface area contributed by atoms with E-state index in [1.165, 1.54) is 11.1 Å². The zero-order valence-electron chi connectivity index (χ0n) is 13.4. The van der Waals surface area contributed by atoms with Crippen LogP contribution in [0.2, 0.25) is 0 Å². The average molecular weight is 310 g/mol. The van der Waals surface area contributed by atoms with Gasteiger partial charge in [-0.25, -0.2) is 0 Å². The molecule has 1 spiro atoms. The largest absolute Gasteiger partial charge is 0.472 e. The first-order valence-corrected chi connectivity index (χ1v) is 8.26. The molecule has 4 nitrogen and oxygen atoms in total. The molecule has 2 saturated heterocycles. The van der Waals surface area contributed by atoms with Crippen molar-refractivity contribution < 1.29 is 9.21 Å². The smallest absolute Gasteiger partial charge is 0.231 e. The zero-order chi connectivity index (χ0) is 15.9. The third-order valence-corrected chi connectivity index (χ3v) is 5.51. The van der Waals surface area contributed by atoms with Crippen molar-refractivity contribution >= 4 is 5.91 Å². The molecule has 1 aromatic heterocycles. The zero-order valence-corrected chi connectivity index (χ0v) is 13.4. The van der Waals surface area contributed by atoms with Gasteiger partial charge in [-0.3, -0.25) is 9.69 Å². The number of carbonyl (C=O) groups excluding carboxylic acids is 1. The summed E-state index contributed by atoms with van der Waals surface area (Å²) in [6.45, 7) is 2.84. The van der Waals surface area contributed by atoms with Crippen LogP contribution >= 0.6 is 0 Å². The molecule has 2 aliphatic rings. The number of furan rings is 1. The monoisotopic (exact) mass is 310 g/mol. The number of nitrogens with zero attached hydrogens (tertiary/aromatic N) is 2. The van der Waals surface area contributed by atoms with Crippen molar-refractivity contribution in [3.8, 4) is 0 Å². The molecule has 1 aromatic carbocycles. The molecule has 0 N–H and O–H groups in total. The molecule has 23 heavy (non-hydrogen) atoms. The fourth-order valence-corrected chi connectivity index (χ4v) is 4.31. The molecular weight excluding hydrogens is 288 g/mol. The van der Waals surface area contributed by atoms with Gasteiger partial charge in [0.1, 0.15) is 0 Å². The molecule has 2 aromatic rings. The number of β-lactam (4-membered cyclic amide) rings is 1. The number of rotatable bonds is 3. The maximum absolute atomic E-state index is 12.6. The lowest BCUT2D eigenvalue weighted by molar-refractivity contribution is -0.176. The van der Waals surface area contributed by atoms with Crippen LogP contribution in [0, 0.1) is 5.41 Å². The summed E-state index contributed by atoms with van der Waals surface area (Å²) in [5.74, 6) is 0.314. The van der Waals surface area contributed by atoms with Gasteiger partial charge in [-0.2, -0.15) is 0 Å². The highest BCUT2D eigenvalue weighted by Gasteiger charge is 2.59. The number of piperidine rings is 1. The predicted molar refractivity (Wildman–Crippen MR) is 87.6 cm³/mol. The number of amides is 1. The van der Waals surface area contributed by atoms with Crippen LogP contribution < -0.4 is 0 Å². The predicted octanol–water partition coefficient (Wildman–Crippen LogP) is 3.08. The molecule has 2 aliphatic heterocycles. The van der Waals surface area contributed by atoms with E-state index >= 15 is 0 Å². The van der Waals surface area contributed by atoms with Gasteiger partial charge in [-0.05, 0) is 37.6 Å². The third kappa shape index (κ3) is 2.29. The molecule has 1 unspecified atom stereocenters. The van der Waals surface area contributed by atoms with Gasteiger partial charge in [0.05, 0.1) is 24.0 Å². The van der Waals surface area contributed by atoms with Gasteiger partial charge in [-0.15, -0.1) is 0 Å². The Morgan fingerprint density at radius 2 is 1.91 bits per heavy atom. The van der Waals surface area contributed by atoms with Crippen LogP contribution in [0.1, 0.15) is 30.0 Å². The summed E-state index contributed by atoms with van der Waals surface area (Å²) in [5, 5.41) is 0. The second-order valence-corrected chi connectivity index (χ2v) is 6.79. The molecule has 0 saturated carbocycles. The average Bonchev–Trinajstić information content (AvgIpc) is 3.10. The van der Waals surface area contributed by atoms with Gasteiger partial charge in [0, 0.05) is 19.2 Å². The summed E-state index contributed by atoms with van der Waals surface area (Å²) in [7, 11) is 1.93. The summed E-state index contributed by atoms with van der Waals surface area (Å²) < 4.78 is 5.15. The Hall–Kier alpha value is -2.07. The summed E-state index contributed by atoms with van der Waals surface area (Å²) in [6.07, 6.45) is 5.40. The van der Waals surface area contributed by atoms with Crippen LogP contribution in [-0.4, -0.2) is 35.8 Å². The minimum atomic E-state index is -0.191. The lowest BCUT2D eigenvalue weighted by Gasteiger charge is -2.58. The van der Waals surface area contributed by atoms with Gasteiger partial charge >= 0.3 is 0 Å². The lowest BCUT2D eigenvalue weighted by atomic mass is 9.62. The molecular formula is C19H22N2O2. The summed E-state index contributed by atoms with van der Waals surface area (Å²) in [5.41, 5.74) is 2.28. The number of hydrogen-bond donors (Lipinski definition) is 0. The Labute approximate surface area is 136 Å². The fraction of sp³-hybridized carbons (Fsp3) is 0.421. The summed E-state index contributed by atoms with van der Waals surface area (Å²) in [6, 6.07) is 12.7. The fourth-order valence-electron chi connectivity index (χ4n) is 4.31. The Morgan fingerprint density at radius 1 is 1.17 bits per heavy atom. The summed E-state index contributed by atoms with van der Waals surface area (Å²) in [4.78, 5) is 17.0.